The van der Waals surface area contributed by atoms with Crippen LogP contribution in [0, 0.1) is 0 Å². The Morgan fingerprint density at radius 3 is 2.92 bits per heavy atom. The topological polar surface area (TPSA) is 93.8 Å². The highest BCUT2D eigenvalue weighted by molar-refractivity contribution is 7.16. The monoisotopic (exact) mass is 365 g/mol. The van der Waals surface area contributed by atoms with Gasteiger partial charge in [-0.15, -0.1) is 0 Å². The van der Waals surface area contributed by atoms with Crippen molar-refractivity contribution in [3.05, 3.63) is 55.9 Å². The molecular formula is C15H12ClN3O4S. The molecule has 7 nitrogen and oxygen atoms in total. The van der Waals surface area contributed by atoms with Crippen molar-refractivity contribution in [3.8, 4) is 5.75 Å². The van der Waals surface area contributed by atoms with Crippen molar-refractivity contribution in [1.82, 2.24) is 14.6 Å². The minimum Gasteiger partial charge on any atom is -0.507 e. The zero-order valence-corrected chi connectivity index (χ0v) is 14.1. The van der Waals surface area contributed by atoms with Crippen LogP contribution in [0.1, 0.15) is 28.0 Å². The van der Waals surface area contributed by atoms with E-state index in [1.54, 1.807) is 0 Å². The Labute approximate surface area is 145 Å². The molecule has 0 fully saturated rings. The third kappa shape index (κ3) is 3.24. The van der Waals surface area contributed by atoms with Crippen molar-refractivity contribution in [1.29, 1.82) is 0 Å². The number of fused-ring (bicyclic) bond motifs is 1. The van der Waals surface area contributed by atoms with Gasteiger partial charge in [-0.3, -0.25) is 4.79 Å². The molecule has 0 aliphatic rings. The highest BCUT2D eigenvalue weighted by Gasteiger charge is 2.14. The average Bonchev–Trinajstić information content (AvgIpc) is 2.96. The van der Waals surface area contributed by atoms with Crippen LogP contribution in [0.15, 0.2) is 29.1 Å². The molecule has 9 heteroatoms. The molecule has 124 valence electrons. The molecule has 0 amide bonds. The number of phenols is 1. The van der Waals surface area contributed by atoms with E-state index in [1.165, 1.54) is 40.1 Å². The lowest BCUT2D eigenvalue weighted by molar-refractivity contribution is 0.0464. The van der Waals surface area contributed by atoms with Crippen LogP contribution in [-0.2, 0) is 17.8 Å². The summed E-state index contributed by atoms with van der Waals surface area (Å²) in [4.78, 5) is 28.7. The number of rotatable bonds is 4. The lowest BCUT2D eigenvalue weighted by Gasteiger charge is -2.06. The van der Waals surface area contributed by atoms with Gasteiger partial charge in [0.05, 0.1) is 5.69 Å². The Morgan fingerprint density at radius 2 is 2.21 bits per heavy atom. The molecule has 3 aromatic rings. The maximum absolute atomic E-state index is 12.0. The summed E-state index contributed by atoms with van der Waals surface area (Å²) < 4.78 is 6.33. The maximum atomic E-state index is 12.0. The van der Waals surface area contributed by atoms with Crippen LogP contribution in [0.3, 0.4) is 0 Å². The third-order valence-corrected chi connectivity index (χ3v) is 4.46. The molecule has 3 rings (SSSR count). The van der Waals surface area contributed by atoms with Crippen molar-refractivity contribution < 1.29 is 14.6 Å². The lowest BCUT2D eigenvalue weighted by Crippen LogP contribution is -2.16. The highest BCUT2D eigenvalue weighted by atomic mass is 35.5. The number of aromatic hydroxyl groups is 1. The molecule has 0 aliphatic heterocycles. The standard InChI is InChI=1S/C15H12ClN3O4S/c1-2-12-18-19-13(21)6-9(17-15(19)24-12)7-23-14(22)10-4-3-8(16)5-11(10)20/h3-6,20H,2,7H2,1H3. The summed E-state index contributed by atoms with van der Waals surface area (Å²) in [7, 11) is 0. The minimum absolute atomic E-state index is 0.0109. The number of ether oxygens (including phenoxy) is 1. The molecule has 1 N–H and O–H groups in total. The van der Waals surface area contributed by atoms with Crippen LogP contribution in [0.25, 0.3) is 4.96 Å². The molecule has 0 saturated heterocycles. The number of hydrogen-bond acceptors (Lipinski definition) is 7. The van der Waals surface area contributed by atoms with Crippen LogP contribution in [0.2, 0.25) is 5.02 Å². The first-order valence-corrected chi connectivity index (χ1v) is 8.21. The predicted molar refractivity (Wildman–Crippen MR) is 88.7 cm³/mol. The van der Waals surface area contributed by atoms with Gasteiger partial charge in [0.2, 0.25) is 4.96 Å². The van der Waals surface area contributed by atoms with E-state index in [1.807, 2.05) is 6.92 Å². The van der Waals surface area contributed by atoms with Crippen molar-refractivity contribution in [2.24, 2.45) is 0 Å². The zero-order chi connectivity index (χ0) is 17.3. The van der Waals surface area contributed by atoms with E-state index in [-0.39, 0.29) is 23.5 Å². The third-order valence-electron chi connectivity index (χ3n) is 3.17. The fourth-order valence-corrected chi connectivity index (χ4v) is 3.03. The largest absolute Gasteiger partial charge is 0.507 e. The van der Waals surface area contributed by atoms with Gasteiger partial charge in [0.15, 0.2) is 0 Å². The van der Waals surface area contributed by atoms with E-state index in [0.717, 1.165) is 5.01 Å². The molecule has 0 spiro atoms. The van der Waals surface area contributed by atoms with Gasteiger partial charge in [-0.2, -0.15) is 9.61 Å². The van der Waals surface area contributed by atoms with Gasteiger partial charge < -0.3 is 9.84 Å². The normalized spacial score (nSPS) is 10.9. The van der Waals surface area contributed by atoms with Crippen LogP contribution in [-0.4, -0.2) is 25.7 Å². The number of aromatic nitrogens is 3. The first kappa shape index (κ1) is 16.4. The fraction of sp³-hybridized carbons (Fsp3) is 0.200. The van der Waals surface area contributed by atoms with Crippen molar-refractivity contribution in [2.45, 2.75) is 20.0 Å². The molecular weight excluding hydrogens is 354 g/mol. The van der Waals surface area contributed by atoms with Crippen LogP contribution in [0.5, 0.6) is 5.75 Å². The summed E-state index contributed by atoms with van der Waals surface area (Å²) in [6, 6.07) is 5.35. The van der Waals surface area contributed by atoms with Gasteiger partial charge in [0.25, 0.3) is 5.56 Å². The highest BCUT2D eigenvalue weighted by Crippen LogP contribution is 2.22. The molecule has 0 bridgehead atoms. The molecule has 0 aliphatic carbocycles. The van der Waals surface area contributed by atoms with Crippen molar-refractivity contribution in [3.63, 3.8) is 0 Å². The number of hydrogen-bond donors (Lipinski definition) is 1. The second-order valence-electron chi connectivity index (χ2n) is 4.87. The Morgan fingerprint density at radius 1 is 1.42 bits per heavy atom. The second kappa shape index (κ2) is 6.58. The Bertz CT molecular complexity index is 982. The predicted octanol–water partition coefficient (Wildman–Crippen LogP) is 2.43. The number of esters is 1. The molecule has 1 aromatic carbocycles. The summed E-state index contributed by atoms with van der Waals surface area (Å²) in [6.45, 7) is 1.75. The number of carbonyl (C=O) groups excluding carboxylic acids is 1. The molecule has 0 atom stereocenters. The SMILES string of the molecule is CCc1nn2c(=O)cc(COC(=O)c3ccc(Cl)cc3O)nc2s1. The van der Waals surface area contributed by atoms with Crippen molar-refractivity contribution in [2.75, 3.05) is 0 Å². The average molecular weight is 366 g/mol. The quantitative estimate of drug-likeness (QED) is 0.713. The fourth-order valence-electron chi connectivity index (χ4n) is 2.01. The van der Waals surface area contributed by atoms with E-state index in [0.29, 0.717) is 22.1 Å². The summed E-state index contributed by atoms with van der Waals surface area (Å²) >= 11 is 7.02. The van der Waals surface area contributed by atoms with E-state index < -0.39 is 5.97 Å². The minimum atomic E-state index is -0.732. The number of carbonyl (C=O) groups is 1. The van der Waals surface area contributed by atoms with Gasteiger partial charge in [0, 0.05) is 11.1 Å². The number of benzene rings is 1. The van der Waals surface area contributed by atoms with E-state index in [4.69, 9.17) is 16.3 Å². The second-order valence-corrected chi connectivity index (χ2v) is 6.34. The number of phenolic OH excluding ortho intramolecular Hbond substituents is 1. The Balaban J connectivity index is 1.80. The Kier molecular flexibility index (Phi) is 4.50. The summed E-state index contributed by atoms with van der Waals surface area (Å²) in [6.07, 6.45) is 0.702. The molecule has 24 heavy (non-hydrogen) atoms. The smallest absolute Gasteiger partial charge is 0.342 e. The van der Waals surface area contributed by atoms with E-state index in [2.05, 4.69) is 10.1 Å². The molecule has 0 radical (unpaired) electrons. The molecule has 2 aromatic heterocycles. The van der Waals surface area contributed by atoms with Crippen LogP contribution in [0.4, 0.5) is 0 Å². The first-order chi connectivity index (χ1) is 11.5. The van der Waals surface area contributed by atoms with Gasteiger partial charge in [-0.25, -0.2) is 9.78 Å². The van der Waals surface area contributed by atoms with Gasteiger partial charge >= 0.3 is 5.97 Å². The van der Waals surface area contributed by atoms with E-state index in [9.17, 15) is 14.7 Å². The first-order valence-electron chi connectivity index (χ1n) is 7.02. The Hall–Kier alpha value is -2.45. The van der Waals surface area contributed by atoms with Crippen LogP contribution >= 0.6 is 22.9 Å². The van der Waals surface area contributed by atoms with Crippen molar-refractivity contribution >= 4 is 33.9 Å². The van der Waals surface area contributed by atoms with E-state index >= 15 is 0 Å². The zero-order valence-electron chi connectivity index (χ0n) is 12.5. The summed E-state index contributed by atoms with van der Waals surface area (Å²) in [5.41, 5.74) is -0.0345. The summed E-state index contributed by atoms with van der Waals surface area (Å²) in [5.74, 6) is -1.00. The number of aryl methyl sites for hydroxylation is 1. The van der Waals surface area contributed by atoms with Gasteiger partial charge in [-0.1, -0.05) is 29.9 Å². The summed E-state index contributed by atoms with van der Waals surface area (Å²) in [5, 5.41) is 15.0. The van der Waals surface area contributed by atoms with Crippen LogP contribution < -0.4 is 5.56 Å². The van der Waals surface area contributed by atoms with Gasteiger partial charge in [-0.05, 0) is 24.6 Å². The molecule has 0 saturated carbocycles. The molecule has 0 unspecified atom stereocenters. The van der Waals surface area contributed by atoms with Gasteiger partial charge in [0.1, 0.15) is 22.9 Å². The maximum Gasteiger partial charge on any atom is 0.342 e. The number of nitrogens with zero attached hydrogens (tertiary/aromatic N) is 3. The molecule has 2 heterocycles. The lowest BCUT2D eigenvalue weighted by atomic mass is 10.2. The number of halogens is 1.